The molecule has 0 bridgehead atoms. The van der Waals surface area contributed by atoms with Gasteiger partial charge in [-0.25, -0.2) is 17.4 Å². The Morgan fingerprint density at radius 3 is 2.69 bits per heavy atom. The molecule has 0 aliphatic rings. The number of fused-ring (bicyclic) bond motifs is 1. The summed E-state index contributed by atoms with van der Waals surface area (Å²) >= 11 is 9.58. The Morgan fingerprint density at radius 2 is 1.93 bits per heavy atom. The molecule has 0 fully saturated rings. The molecule has 6 nitrogen and oxygen atoms in total. The molecule has 0 N–H and O–H groups in total. The van der Waals surface area contributed by atoms with E-state index in [0.29, 0.717) is 21.7 Å². The van der Waals surface area contributed by atoms with Crippen LogP contribution in [0, 0.1) is 0 Å². The normalized spacial score (nSPS) is 11.7. The first kappa shape index (κ1) is 19.9. The third kappa shape index (κ3) is 3.63. The van der Waals surface area contributed by atoms with Gasteiger partial charge in [0.2, 0.25) is 0 Å². The van der Waals surface area contributed by atoms with Crippen molar-refractivity contribution in [3.8, 4) is 0 Å². The zero-order valence-electron chi connectivity index (χ0n) is 15.3. The first-order valence-corrected chi connectivity index (χ1v) is 11.3. The summed E-state index contributed by atoms with van der Waals surface area (Å²) in [5.74, 6) is 0. The van der Waals surface area contributed by atoms with Gasteiger partial charge in [0, 0.05) is 43.8 Å². The van der Waals surface area contributed by atoms with E-state index in [9.17, 15) is 8.42 Å². The summed E-state index contributed by atoms with van der Waals surface area (Å²) in [6, 6.07) is 12.4. The SMILES string of the molecule is CN(Cc1cn(S(=O)(=O)c2cccnc2)c2ccccc12)c1ccnc(Cl)c1Br. The second kappa shape index (κ2) is 7.78. The monoisotopic (exact) mass is 490 g/mol. The van der Waals surface area contributed by atoms with Gasteiger partial charge in [-0.1, -0.05) is 29.8 Å². The van der Waals surface area contributed by atoms with Crippen molar-refractivity contribution < 1.29 is 8.42 Å². The second-order valence-corrected chi connectivity index (χ2v) is 9.42. The summed E-state index contributed by atoms with van der Waals surface area (Å²) in [5, 5.41) is 1.24. The lowest BCUT2D eigenvalue weighted by Gasteiger charge is -2.20. The summed E-state index contributed by atoms with van der Waals surface area (Å²) in [7, 11) is -1.85. The van der Waals surface area contributed by atoms with Crippen LogP contribution in [0.25, 0.3) is 10.9 Å². The molecule has 0 radical (unpaired) electrons. The minimum Gasteiger partial charge on any atom is -0.369 e. The number of pyridine rings is 2. The van der Waals surface area contributed by atoms with Crippen LogP contribution < -0.4 is 4.90 Å². The molecular formula is C20H16BrClN4O2S. The third-order valence-electron chi connectivity index (χ3n) is 4.60. The Labute approximate surface area is 182 Å². The molecule has 4 rings (SSSR count). The number of para-hydroxylation sites is 1. The lowest BCUT2D eigenvalue weighted by Crippen LogP contribution is -2.17. The Kier molecular flexibility index (Phi) is 5.33. The molecule has 1 aromatic carbocycles. The third-order valence-corrected chi connectivity index (χ3v) is 7.55. The predicted octanol–water partition coefficient (Wildman–Crippen LogP) is 4.72. The maximum absolute atomic E-state index is 13.2. The number of anilines is 1. The summed E-state index contributed by atoms with van der Waals surface area (Å²) in [5.41, 5.74) is 2.35. The molecule has 0 aliphatic carbocycles. The fraction of sp³-hybridized carbons (Fsp3) is 0.100. The molecule has 0 saturated carbocycles. The number of benzene rings is 1. The number of hydrogen-bond acceptors (Lipinski definition) is 5. The Bertz CT molecular complexity index is 1290. The van der Waals surface area contributed by atoms with E-state index in [1.165, 1.54) is 10.2 Å². The molecule has 0 atom stereocenters. The highest BCUT2D eigenvalue weighted by molar-refractivity contribution is 9.10. The fourth-order valence-corrected chi connectivity index (χ4v) is 5.25. The first-order valence-electron chi connectivity index (χ1n) is 8.65. The number of nitrogens with zero attached hydrogens (tertiary/aromatic N) is 4. The van der Waals surface area contributed by atoms with E-state index in [4.69, 9.17) is 11.6 Å². The van der Waals surface area contributed by atoms with Gasteiger partial charge in [-0.3, -0.25) is 4.98 Å². The van der Waals surface area contributed by atoms with Crippen LogP contribution in [-0.4, -0.2) is 29.4 Å². The Balaban J connectivity index is 1.80. The Hall–Kier alpha value is -2.42. The van der Waals surface area contributed by atoms with E-state index < -0.39 is 10.0 Å². The molecule has 3 aromatic heterocycles. The maximum Gasteiger partial charge on any atom is 0.269 e. The van der Waals surface area contributed by atoms with E-state index in [-0.39, 0.29) is 4.90 Å². The number of halogens is 2. The quantitative estimate of drug-likeness (QED) is 0.378. The van der Waals surface area contributed by atoms with Crippen LogP contribution in [0.5, 0.6) is 0 Å². The van der Waals surface area contributed by atoms with Crippen molar-refractivity contribution in [2.75, 3.05) is 11.9 Å². The average molecular weight is 492 g/mol. The largest absolute Gasteiger partial charge is 0.369 e. The van der Waals surface area contributed by atoms with Gasteiger partial charge in [0.1, 0.15) is 10.0 Å². The van der Waals surface area contributed by atoms with Crippen molar-refractivity contribution >= 4 is 54.1 Å². The predicted molar refractivity (Wildman–Crippen MR) is 118 cm³/mol. The summed E-state index contributed by atoms with van der Waals surface area (Å²) < 4.78 is 28.4. The smallest absolute Gasteiger partial charge is 0.269 e. The fourth-order valence-electron chi connectivity index (χ4n) is 3.20. The summed E-state index contributed by atoms with van der Waals surface area (Å²) in [6.07, 6.45) is 6.20. The molecule has 0 saturated heterocycles. The molecular weight excluding hydrogens is 476 g/mol. The maximum atomic E-state index is 13.2. The summed E-state index contributed by atoms with van der Waals surface area (Å²) in [6.45, 7) is 0.481. The molecule has 0 aliphatic heterocycles. The zero-order valence-corrected chi connectivity index (χ0v) is 18.5. The first-order chi connectivity index (χ1) is 13.9. The van der Waals surface area contributed by atoms with Gasteiger partial charge in [0.15, 0.2) is 0 Å². The van der Waals surface area contributed by atoms with Crippen molar-refractivity contribution in [3.05, 3.63) is 82.4 Å². The van der Waals surface area contributed by atoms with Crippen molar-refractivity contribution in [1.29, 1.82) is 0 Å². The highest BCUT2D eigenvalue weighted by Crippen LogP contribution is 2.33. The van der Waals surface area contributed by atoms with Crippen LogP contribution in [-0.2, 0) is 16.6 Å². The summed E-state index contributed by atoms with van der Waals surface area (Å²) in [4.78, 5) is 10.1. The molecule has 0 unspecified atom stereocenters. The minimum absolute atomic E-state index is 0.143. The van der Waals surface area contributed by atoms with Crippen molar-refractivity contribution in [1.82, 2.24) is 13.9 Å². The van der Waals surface area contributed by atoms with Gasteiger partial charge >= 0.3 is 0 Å². The molecule has 0 amide bonds. The van der Waals surface area contributed by atoms with Crippen molar-refractivity contribution in [2.24, 2.45) is 0 Å². The standard InChI is InChI=1S/C20H16BrClN4O2S/c1-25(18-8-10-24-20(22)19(18)21)12-14-13-26(17-7-3-2-6-16(14)17)29(27,28)15-5-4-9-23-11-15/h2-11,13H,12H2,1H3. The van der Waals surface area contributed by atoms with Gasteiger partial charge in [-0.2, -0.15) is 0 Å². The van der Waals surface area contributed by atoms with Crippen LogP contribution in [0.2, 0.25) is 5.15 Å². The molecule has 29 heavy (non-hydrogen) atoms. The van der Waals surface area contributed by atoms with Crippen molar-refractivity contribution in [2.45, 2.75) is 11.4 Å². The van der Waals surface area contributed by atoms with Gasteiger partial charge < -0.3 is 4.90 Å². The van der Waals surface area contributed by atoms with Crippen molar-refractivity contribution in [3.63, 3.8) is 0 Å². The molecule has 148 valence electrons. The average Bonchev–Trinajstić information content (AvgIpc) is 3.10. The zero-order chi connectivity index (χ0) is 20.6. The minimum atomic E-state index is -3.76. The number of hydrogen-bond donors (Lipinski definition) is 0. The van der Waals surface area contributed by atoms with E-state index in [2.05, 4.69) is 25.9 Å². The van der Waals surface area contributed by atoms with Crippen LogP contribution >= 0.6 is 27.5 Å². The van der Waals surface area contributed by atoms with Crippen LogP contribution in [0.15, 0.2) is 76.6 Å². The van der Waals surface area contributed by atoms with Gasteiger partial charge in [-0.05, 0) is 45.8 Å². The van der Waals surface area contributed by atoms with Gasteiger partial charge in [0.25, 0.3) is 10.0 Å². The van der Waals surface area contributed by atoms with Crippen LogP contribution in [0.4, 0.5) is 5.69 Å². The van der Waals surface area contributed by atoms with Gasteiger partial charge in [0.05, 0.1) is 15.7 Å². The highest BCUT2D eigenvalue weighted by atomic mass is 79.9. The molecule has 9 heteroatoms. The lowest BCUT2D eigenvalue weighted by atomic mass is 10.1. The topological polar surface area (TPSA) is 68.1 Å². The van der Waals surface area contributed by atoms with E-state index in [1.54, 1.807) is 36.8 Å². The molecule has 3 heterocycles. The second-order valence-electron chi connectivity index (χ2n) is 6.45. The Morgan fingerprint density at radius 1 is 1.14 bits per heavy atom. The number of aromatic nitrogens is 3. The van der Waals surface area contributed by atoms with Crippen LogP contribution in [0.1, 0.15) is 5.56 Å². The number of rotatable bonds is 5. The highest BCUT2D eigenvalue weighted by Gasteiger charge is 2.22. The van der Waals surface area contributed by atoms with Gasteiger partial charge in [-0.15, -0.1) is 0 Å². The van der Waals surface area contributed by atoms with E-state index in [1.807, 2.05) is 36.2 Å². The van der Waals surface area contributed by atoms with E-state index >= 15 is 0 Å². The van der Waals surface area contributed by atoms with E-state index in [0.717, 1.165) is 16.6 Å². The van der Waals surface area contributed by atoms with Crippen LogP contribution in [0.3, 0.4) is 0 Å². The molecule has 4 aromatic rings. The molecule has 0 spiro atoms. The lowest BCUT2D eigenvalue weighted by molar-refractivity contribution is 0.588.